The molecule has 2 nitrogen and oxygen atoms in total. The van der Waals surface area contributed by atoms with Crippen LogP contribution < -0.4 is 0 Å². The van der Waals surface area contributed by atoms with E-state index in [0.717, 1.165) is 32.5 Å². The number of aromatic nitrogens is 2. The second kappa shape index (κ2) is 4.50. The summed E-state index contributed by atoms with van der Waals surface area (Å²) in [7, 11) is 0. The van der Waals surface area contributed by atoms with Gasteiger partial charge in [0.05, 0.1) is 16.9 Å². The van der Waals surface area contributed by atoms with E-state index in [1.807, 2.05) is 49.4 Å². The van der Waals surface area contributed by atoms with Crippen LogP contribution in [0.2, 0.25) is 0 Å². The van der Waals surface area contributed by atoms with Gasteiger partial charge in [-0.15, -0.1) is 0 Å². The quantitative estimate of drug-likeness (QED) is 0.667. The average molecular weight is 299 g/mol. The topological polar surface area (TPSA) is 25.8 Å². The van der Waals surface area contributed by atoms with E-state index in [4.69, 9.17) is 0 Å². The van der Waals surface area contributed by atoms with Crippen LogP contribution in [0.5, 0.6) is 0 Å². The third kappa shape index (κ3) is 2.02. The maximum atomic E-state index is 4.65. The monoisotopic (exact) mass is 298 g/mol. The fourth-order valence-corrected chi connectivity index (χ4v) is 2.50. The van der Waals surface area contributed by atoms with Crippen LogP contribution in [0.25, 0.3) is 22.3 Å². The Morgan fingerprint density at radius 1 is 0.889 bits per heavy atom. The van der Waals surface area contributed by atoms with E-state index in [-0.39, 0.29) is 0 Å². The number of hydrogen-bond acceptors (Lipinski definition) is 2. The van der Waals surface area contributed by atoms with Gasteiger partial charge in [-0.2, -0.15) is 0 Å². The summed E-state index contributed by atoms with van der Waals surface area (Å²) < 4.78 is 1.05. The minimum absolute atomic E-state index is 0.893. The Hall–Kier alpha value is -1.74. The molecule has 88 valence electrons. The van der Waals surface area contributed by atoms with E-state index in [9.17, 15) is 0 Å². The van der Waals surface area contributed by atoms with Crippen molar-refractivity contribution in [3.63, 3.8) is 0 Å². The fourth-order valence-electron chi connectivity index (χ4n) is 1.95. The van der Waals surface area contributed by atoms with Crippen molar-refractivity contribution < 1.29 is 0 Å². The molecule has 0 aliphatic rings. The zero-order valence-corrected chi connectivity index (χ0v) is 11.5. The van der Waals surface area contributed by atoms with Gasteiger partial charge in [0.2, 0.25) is 0 Å². The summed E-state index contributed by atoms with van der Waals surface area (Å²) in [6, 6.07) is 16.1. The van der Waals surface area contributed by atoms with Gasteiger partial charge in [-0.25, -0.2) is 4.98 Å². The molecule has 0 saturated heterocycles. The molecule has 0 spiro atoms. The lowest BCUT2D eigenvalue weighted by Gasteiger charge is -2.05. The molecule has 0 unspecified atom stereocenters. The first kappa shape index (κ1) is 11.4. The largest absolute Gasteiger partial charge is 0.251 e. The molecule has 0 radical (unpaired) electrons. The molecule has 18 heavy (non-hydrogen) atoms. The predicted molar refractivity (Wildman–Crippen MR) is 77.4 cm³/mol. The zero-order chi connectivity index (χ0) is 12.5. The summed E-state index contributed by atoms with van der Waals surface area (Å²) in [6.07, 6.45) is 0. The number of rotatable bonds is 1. The van der Waals surface area contributed by atoms with Gasteiger partial charge in [0, 0.05) is 15.6 Å². The molecule has 0 saturated carbocycles. The molecular formula is C15H11BrN2. The number of fused-ring (bicyclic) bond motifs is 1. The van der Waals surface area contributed by atoms with E-state index in [1.54, 1.807) is 0 Å². The lowest BCUT2D eigenvalue weighted by Crippen LogP contribution is -1.90. The molecule has 3 aromatic rings. The van der Waals surface area contributed by atoms with Crippen molar-refractivity contribution in [1.82, 2.24) is 9.97 Å². The van der Waals surface area contributed by atoms with Crippen LogP contribution in [0.1, 0.15) is 5.69 Å². The lowest BCUT2D eigenvalue weighted by molar-refractivity contribution is 1.19. The normalized spacial score (nSPS) is 10.8. The summed E-state index contributed by atoms with van der Waals surface area (Å²) in [5, 5.41) is 1.12. The summed E-state index contributed by atoms with van der Waals surface area (Å²) in [5.41, 5.74) is 3.77. The molecule has 1 aromatic carbocycles. The Kier molecular flexibility index (Phi) is 2.84. The maximum Gasteiger partial charge on any atom is 0.0905 e. The molecule has 0 atom stereocenters. The fraction of sp³-hybridized carbons (Fsp3) is 0.0667. The Balaban J connectivity index is 2.24. The van der Waals surface area contributed by atoms with E-state index < -0.39 is 0 Å². The van der Waals surface area contributed by atoms with Gasteiger partial charge in [-0.05, 0) is 31.2 Å². The number of para-hydroxylation sites is 1. The number of halogens is 1. The van der Waals surface area contributed by atoms with E-state index in [2.05, 4.69) is 32.0 Å². The Bertz CT molecular complexity index is 723. The Labute approximate surface area is 114 Å². The molecule has 3 heteroatoms. The smallest absolute Gasteiger partial charge is 0.0905 e. The Morgan fingerprint density at radius 2 is 1.72 bits per heavy atom. The number of hydrogen-bond donors (Lipinski definition) is 0. The van der Waals surface area contributed by atoms with Crippen LogP contribution in [-0.4, -0.2) is 9.97 Å². The second-order valence-electron chi connectivity index (χ2n) is 4.17. The molecule has 2 heterocycles. The second-order valence-corrected chi connectivity index (χ2v) is 5.03. The van der Waals surface area contributed by atoms with Gasteiger partial charge in [0.25, 0.3) is 0 Å². The number of nitrogens with zero attached hydrogens (tertiary/aromatic N) is 2. The first-order valence-electron chi connectivity index (χ1n) is 5.73. The van der Waals surface area contributed by atoms with Crippen LogP contribution in [-0.2, 0) is 0 Å². The summed E-state index contributed by atoms with van der Waals surface area (Å²) >= 11 is 3.60. The van der Waals surface area contributed by atoms with Crippen LogP contribution in [0.4, 0.5) is 0 Å². The highest BCUT2D eigenvalue weighted by Crippen LogP contribution is 2.27. The number of pyridine rings is 2. The maximum absolute atomic E-state index is 4.65. The first-order valence-corrected chi connectivity index (χ1v) is 6.53. The van der Waals surface area contributed by atoms with Crippen molar-refractivity contribution in [2.24, 2.45) is 0 Å². The van der Waals surface area contributed by atoms with Crippen molar-refractivity contribution in [3.8, 4) is 11.4 Å². The molecule has 0 amide bonds. The van der Waals surface area contributed by atoms with Gasteiger partial charge in [0.1, 0.15) is 0 Å². The summed E-state index contributed by atoms with van der Waals surface area (Å²) in [4.78, 5) is 9.16. The molecular weight excluding hydrogens is 288 g/mol. The predicted octanol–water partition coefficient (Wildman–Crippen LogP) is 4.37. The van der Waals surface area contributed by atoms with Gasteiger partial charge in [0.15, 0.2) is 0 Å². The average Bonchev–Trinajstić information content (AvgIpc) is 2.39. The Morgan fingerprint density at radius 3 is 2.56 bits per heavy atom. The highest BCUT2D eigenvalue weighted by atomic mass is 79.9. The minimum atomic E-state index is 0.893. The van der Waals surface area contributed by atoms with Crippen molar-refractivity contribution in [1.29, 1.82) is 0 Å². The van der Waals surface area contributed by atoms with Crippen molar-refractivity contribution in [3.05, 3.63) is 58.7 Å². The third-order valence-corrected chi connectivity index (χ3v) is 3.47. The molecule has 0 fully saturated rings. The molecule has 3 rings (SSSR count). The summed E-state index contributed by atoms with van der Waals surface area (Å²) in [5.74, 6) is 0. The lowest BCUT2D eigenvalue weighted by atomic mass is 10.1. The van der Waals surface area contributed by atoms with Gasteiger partial charge >= 0.3 is 0 Å². The van der Waals surface area contributed by atoms with Crippen molar-refractivity contribution >= 4 is 26.8 Å². The van der Waals surface area contributed by atoms with E-state index in [1.165, 1.54) is 0 Å². The third-order valence-electron chi connectivity index (χ3n) is 2.82. The van der Waals surface area contributed by atoms with Crippen LogP contribution in [0.3, 0.4) is 0 Å². The minimum Gasteiger partial charge on any atom is -0.251 e. The zero-order valence-electron chi connectivity index (χ0n) is 9.89. The first-order chi connectivity index (χ1) is 8.74. The van der Waals surface area contributed by atoms with E-state index in [0.29, 0.717) is 0 Å². The molecule has 0 bridgehead atoms. The van der Waals surface area contributed by atoms with Crippen LogP contribution in [0.15, 0.2) is 53.0 Å². The standard InChI is InChI=1S/C15H11BrN2/c1-10-5-4-8-14(17-10)15-9-12(16)11-6-2-3-7-13(11)18-15/h2-9H,1H3. The molecule has 2 aromatic heterocycles. The highest BCUT2D eigenvalue weighted by Gasteiger charge is 2.06. The van der Waals surface area contributed by atoms with Crippen LogP contribution >= 0.6 is 15.9 Å². The van der Waals surface area contributed by atoms with Crippen LogP contribution in [0, 0.1) is 6.92 Å². The summed E-state index contributed by atoms with van der Waals surface area (Å²) in [6.45, 7) is 1.99. The van der Waals surface area contributed by atoms with Gasteiger partial charge < -0.3 is 0 Å². The van der Waals surface area contributed by atoms with Crippen molar-refractivity contribution in [2.75, 3.05) is 0 Å². The van der Waals surface area contributed by atoms with Gasteiger partial charge in [-0.3, -0.25) is 4.98 Å². The molecule has 0 aliphatic carbocycles. The van der Waals surface area contributed by atoms with Gasteiger partial charge in [-0.1, -0.05) is 40.2 Å². The van der Waals surface area contributed by atoms with Crippen molar-refractivity contribution in [2.45, 2.75) is 6.92 Å². The highest BCUT2D eigenvalue weighted by molar-refractivity contribution is 9.10. The molecule has 0 aliphatic heterocycles. The molecule has 0 N–H and O–H groups in total. The SMILES string of the molecule is Cc1cccc(-c2cc(Br)c3ccccc3n2)n1. The van der Waals surface area contributed by atoms with E-state index >= 15 is 0 Å². The number of aryl methyl sites for hydroxylation is 1. The number of benzene rings is 1.